The fourth-order valence-electron chi connectivity index (χ4n) is 1.41. The molecule has 0 radical (unpaired) electrons. The van der Waals surface area contributed by atoms with E-state index >= 15 is 0 Å². The number of amides is 2. The Bertz CT molecular complexity index is 418. The second-order valence-electron chi connectivity index (χ2n) is 3.71. The Kier molecular flexibility index (Phi) is 4.51. The first-order valence-electron chi connectivity index (χ1n) is 5.48. The number of nitrogens with two attached hydrogens (primary N) is 1. The number of rotatable bonds is 5. The van der Waals surface area contributed by atoms with E-state index in [1.807, 2.05) is 6.92 Å². The molecule has 17 heavy (non-hydrogen) atoms. The van der Waals surface area contributed by atoms with Gasteiger partial charge in [-0.1, -0.05) is 6.07 Å². The van der Waals surface area contributed by atoms with Crippen molar-refractivity contribution in [3.05, 3.63) is 29.8 Å². The van der Waals surface area contributed by atoms with Crippen LogP contribution in [0.2, 0.25) is 0 Å². The molecule has 1 aromatic rings. The summed E-state index contributed by atoms with van der Waals surface area (Å²) in [6.07, 6.45) is 0. The van der Waals surface area contributed by atoms with Crippen molar-refractivity contribution in [3.63, 3.8) is 0 Å². The average Bonchev–Trinajstić information content (AvgIpc) is 2.29. The highest BCUT2D eigenvalue weighted by atomic mass is 16.2. The second kappa shape index (κ2) is 5.89. The number of carbonyl (C=O) groups is 2. The average molecular weight is 235 g/mol. The van der Waals surface area contributed by atoms with Crippen LogP contribution in [0.3, 0.4) is 0 Å². The van der Waals surface area contributed by atoms with Gasteiger partial charge in [0.1, 0.15) is 6.04 Å². The molecule has 0 aliphatic carbocycles. The molecule has 1 unspecified atom stereocenters. The normalized spacial score (nSPS) is 11.6. The SMILES string of the molecule is CCNC(=O)C(C)Nc1cccc(C(N)=O)c1. The highest BCUT2D eigenvalue weighted by Gasteiger charge is 2.11. The molecule has 2 amide bonds. The molecule has 0 aliphatic rings. The van der Waals surface area contributed by atoms with E-state index in [0.717, 1.165) is 0 Å². The summed E-state index contributed by atoms with van der Waals surface area (Å²) in [4.78, 5) is 22.5. The minimum atomic E-state index is -0.487. The zero-order valence-corrected chi connectivity index (χ0v) is 9.99. The van der Waals surface area contributed by atoms with Crippen LogP contribution in [-0.2, 0) is 4.79 Å². The van der Waals surface area contributed by atoms with Crippen LogP contribution in [0.5, 0.6) is 0 Å². The van der Waals surface area contributed by atoms with Crippen LogP contribution in [0.15, 0.2) is 24.3 Å². The molecule has 92 valence electrons. The largest absolute Gasteiger partial charge is 0.374 e. The third kappa shape index (κ3) is 3.79. The molecule has 5 heteroatoms. The highest BCUT2D eigenvalue weighted by Crippen LogP contribution is 2.11. The van der Waals surface area contributed by atoms with Gasteiger partial charge in [0.25, 0.3) is 0 Å². The number of carbonyl (C=O) groups excluding carboxylic acids is 2. The van der Waals surface area contributed by atoms with Gasteiger partial charge in [-0.2, -0.15) is 0 Å². The lowest BCUT2D eigenvalue weighted by atomic mass is 10.2. The number of hydrogen-bond acceptors (Lipinski definition) is 3. The quantitative estimate of drug-likeness (QED) is 0.703. The monoisotopic (exact) mass is 235 g/mol. The molecule has 1 aromatic carbocycles. The third-order valence-electron chi connectivity index (χ3n) is 2.27. The minimum Gasteiger partial charge on any atom is -0.374 e. The van der Waals surface area contributed by atoms with E-state index in [1.54, 1.807) is 31.2 Å². The maximum absolute atomic E-state index is 11.5. The predicted molar refractivity (Wildman–Crippen MR) is 66.7 cm³/mol. The van der Waals surface area contributed by atoms with Crippen LogP contribution in [-0.4, -0.2) is 24.4 Å². The van der Waals surface area contributed by atoms with E-state index in [4.69, 9.17) is 5.73 Å². The van der Waals surface area contributed by atoms with Crippen molar-refractivity contribution < 1.29 is 9.59 Å². The summed E-state index contributed by atoms with van der Waals surface area (Å²) in [6.45, 7) is 4.20. The smallest absolute Gasteiger partial charge is 0.248 e. The van der Waals surface area contributed by atoms with E-state index in [0.29, 0.717) is 17.8 Å². The van der Waals surface area contributed by atoms with Crippen LogP contribution >= 0.6 is 0 Å². The lowest BCUT2D eigenvalue weighted by Crippen LogP contribution is -2.37. The molecule has 5 nitrogen and oxygen atoms in total. The maximum atomic E-state index is 11.5. The Morgan fingerprint density at radius 1 is 1.41 bits per heavy atom. The van der Waals surface area contributed by atoms with Crippen molar-refractivity contribution >= 4 is 17.5 Å². The van der Waals surface area contributed by atoms with E-state index < -0.39 is 5.91 Å². The van der Waals surface area contributed by atoms with Gasteiger partial charge in [0.2, 0.25) is 11.8 Å². The van der Waals surface area contributed by atoms with Crippen molar-refractivity contribution in [1.29, 1.82) is 0 Å². The molecular weight excluding hydrogens is 218 g/mol. The van der Waals surface area contributed by atoms with E-state index in [2.05, 4.69) is 10.6 Å². The first-order valence-corrected chi connectivity index (χ1v) is 5.48. The molecule has 0 heterocycles. The Morgan fingerprint density at radius 3 is 2.71 bits per heavy atom. The zero-order valence-electron chi connectivity index (χ0n) is 9.99. The summed E-state index contributed by atoms with van der Waals surface area (Å²) in [5, 5.41) is 5.71. The first-order chi connectivity index (χ1) is 8.04. The van der Waals surface area contributed by atoms with Crippen LogP contribution in [0.4, 0.5) is 5.69 Å². The molecule has 0 aliphatic heterocycles. The van der Waals surface area contributed by atoms with Crippen LogP contribution in [0.25, 0.3) is 0 Å². The van der Waals surface area contributed by atoms with Gasteiger partial charge in [0.15, 0.2) is 0 Å². The molecular formula is C12H17N3O2. The van der Waals surface area contributed by atoms with Gasteiger partial charge in [-0.15, -0.1) is 0 Å². The van der Waals surface area contributed by atoms with E-state index in [-0.39, 0.29) is 11.9 Å². The summed E-state index contributed by atoms with van der Waals surface area (Å²) in [5.41, 5.74) is 6.28. The zero-order chi connectivity index (χ0) is 12.8. The summed E-state index contributed by atoms with van der Waals surface area (Å²) in [5.74, 6) is -0.573. The van der Waals surface area contributed by atoms with Crippen molar-refractivity contribution in [1.82, 2.24) is 5.32 Å². The van der Waals surface area contributed by atoms with Crippen LogP contribution in [0.1, 0.15) is 24.2 Å². The molecule has 0 saturated heterocycles. The number of primary amides is 1. The fraction of sp³-hybridized carbons (Fsp3) is 0.333. The van der Waals surface area contributed by atoms with Crippen molar-refractivity contribution in [2.45, 2.75) is 19.9 Å². The van der Waals surface area contributed by atoms with Crippen LogP contribution in [0, 0.1) is 0 Å². The Balaban J connectivity index is 2.71. The number of hydrogen-bond donors (Lipinski definition) is 3. The summed E-state index contributed by atoms with van der Waals surface area (Å²) in [6, 6.07) is 6.38. The Labute approximate surface area is 100 Å². The summed E-state index contributed by atoms with van der Waals surface area (Å²) >= 11 is 0. The molecule has 0 saturated carbocycles. The second-order valence-corrected chi connectivity index (χ2v) is 3.71. The van der Waals surface area contributed by atoms with Crippen molar-refractivity contribution in [2.24, 2.45) is 5.73 Å². The van der Waals surface area contributed by atoms with Gasteiger partial charge in [-0.3, -0.25) is 9.59 Å². The Hall–Kier alpha value is -2.04. The van der Waals surface area contributed by atoms with Crippen molar-refractivity contribution in [3.8, 4) is 0 Å². The first kappa shape index (κ1) is 13.0. The molecule has 1 rings (SSSR count). The Morgan fingerprint density at radius 2 is 2.12 bits per heavy atom. The standard InChI is InChI=1S/C12H17N3O2/c1-3-14-12(17)8(2)15-10-6-4-5-9(7-10)11(13)16/h4-8,15H,3H2,1-2H3,(H2,13,16)(H,14,17). The van der Waals surface area contributed by atoms with Crippen molar-refractivity contribution in [2.75, 3.05) is 11.9 Å². The fourth-order valence-corrected chi connectivity index (χ4v) is 1.41. The molecule has 0 bridgehead atoms. The molecule has 0 fully saturated rings. The maximum Gasteiger partial charge on any atom is 0.248 e. The van der Waals surface area contributed by atoms with Gasteiger partial charge < -0.3 is 16.4 Å². The molecule has 4 N–H and O–H groups in total. The highest BCUT2D eigenvalue weighted by molar-refractivity contribution is 5.94. The summed E-state index contributed by atoms with van der Waals surface area (Å²) in [7, 11) is 0. The van der Waals surface area contributed by atoms with Gasteiger partial charge in [0, 0.05) is 17.8 Å². The predicted octanol–water partition coefficient (Wildman–Crippen LogP) is 0.722. The molecule has 1 atom stereocenters. The van der Waals surface area contributed by atoms with E-state index in [9.17, 15) is 9.59 Å². The van der Waals surface area contributed by atoms with Gasteiger partial charge in [-0.25, -0.2) is 0 Å². The lowest BCUT2D eigenvalue weighted by molar-refractivity contribution is -0.121. The van der Waals surface area contributed by atoms with E-state index in [1.165, 1.54) is 0 Å². The van der Waals surface area contributed by atoms with Gasteiger partial charge >= 0.3 is 0 Å². The summed E-state index contributed by atoms with van der Waals surface area (Å²) < 4.78 is 0. The molecule has 0 spiro atoms. The number of anilines is 1. The topological polar surface area (TPSA) is 84.2 Å². The van der Waals surface area contributed by atoms with Gasteiger partial charge in [-0.05, 0) is 32.0 Å². The third-order valence-corrected chi connectivity index (χ3v) is 2.27. The number of benzene rings is 1. The molecule has 0 aromatic heterocycles. The minimum absolute atomic E-state index is 0.0861. The number of likely N-dealkylation sites (N-methyl/N-ethyl adjacent to an activating group) is 1. The lowest BCUT2D eigenvalue weighted by Gasteiger charge is -2.14. The van der Waals surface area contributed by atoms with Crippen LogP contribution < -0.4 is 16.4 Å². The number of nitrogens with one attached hydrogen (secondary N) is 2. The van der Waals surface area contributed by atoms with Gasteiger partial charge in [0.05, 0.1) is 0 Å².